The zero-order chi connectivity index (χ0) is 20.2. The molecular formula is C18H20FN3O4S. The van der Waals surface area contributed by atoms with Crippen LogP contribution in [0.4, 0.5) is 15.8 Å². The van der Waals surface area contributed by atoms with E-state index < -0.39 is 21.7 Å². The Bertz CT molecular complexity index is 957. The van der Waals surface area contributed by atoms with E-state index in [1.807, 2.05) is 0 Å². The van der Waals surface area contributed by atoms with Crippen molar-refractivity contribution in [1.82, 2.24) is 4.72 Å². The Morgan fingerprint density at radius 2 is 1.63 bits per heavy atom. The SMILES string of the molecule is CC(=O)Nc1ccc(F)c(NC(=O)c2ccc(S(=O)(=O)NC(C)C)cc2)c1. The number of benzene rings is 2. The van der Waals surface area contributed by atoms with Gasteiger partial charge in [-0.15, -0.1) is 0 Å². The van der Waals surface area contributed by atoms with Gasteiger partial charge in [0.1, 0.15) is 5.82 Å². The molecule has 0 saturated carbocycles. The van der Waals surface area contributed by atoms with Gasteiger partial charge in [-0.1, -0.05) is 0 Å². The van der Waals surface area contributed by atoms with Crippen molar-refractivity contribution in [1.29, 1.82) is 0 Å². The summed E-state index contributed by atoms with van der Waals surface area (Å²) in [6.45, 7) is 4.71. The van der Waals surface area contributed by atoms with Gasteiger partial charge in [-0.2, -0.15) is 0 Å². The van der Waals surface area contributed by atoms with Gasteiger partial charge in [-0.05, 0) is 56.3 Å². The number of carbonyl (C=O) groups excluding carboxylic acids is 2. The molecule has 0 aliphatic rings. The fourth-order valence-corrected chi connectivity index (χ4v) is 3.51. The van der Waals surface area contributed by atoms with E-state index in [4.69, 9.17) is 0 Å². The number of hydrogen-bond acceptors (Lipinski definition) is 4. The summed E-state index contributed by atoms with van der Waals surface area (Å²) in [6, 6.07) is 8.77. The lowest BCUT2D eigenvalue weighted by molar-refractivity contribution is -0.114. The summed E-state index contributed by atoms with van der Waals surface area (Å²) < 4.78 is 40.5. The van der Waals surface area contributed by atoms with Crippen LogP contribution in [-0.2, 0) is 14.8 Å². The lowest BCUT2D eigenvalue weighted by Gasteiger charge is -2.11. The third-order valence-electron chi connectivity index (χ3n) is 3.35. The number of hydrogen-bond donors (Lipinski definition) is 3. The van der Waals surface area contributed by atoms with Crippen molar-refractivity contribution in [2.24, 2.45) is 0 Å². The second-order valence-electron chi connectivity index (χ2n) is 6.13. The molecule has 0 atom stereocenters. The standard InChI is InChI=1S/C18H20FN3O4S/c1-11(2)22-27(25,26)15-7-4-13(5-8-15)18(24)21-17-10-14(20-12(3)23)6-9-16(17)19/h4-11,22H,1-3H3,(H,20,23)(H,21,24). The van der Waals surface area contributed by atoms with Crippen LogP contribution in [-0.4, -0.2) is 26.3 Å². The number of amides is 2. The summed E-state index contributed by atoms with van der Waals surface area (Å²) in [5.41, 5.74) is 0.382. The highest BCUT2D eigenvalue weighted by molar-refractivity contribution is 7.89. The van der Waals surface area contributed by atoms with Crippen LogP contribution in [0.15, 0.2) is 47.4 Å². The molecule has 0 radical (unpaired) electrons. The molecule has 0 aliphatic carbocycles. The molecule has 0 aliphatic heterocycles. The van der Waals surface area contributed by atoms with Gasteiger partial charge in [0.25, 0.3) is 5.91 Å². The largest absolute Gasteiger partial charge is 0.326 e. The van der Waals surface area contributed by atoms with Gasteiger partial charge in [-0.25, -0.2) is 17.5 Å². The van der Waals surface area contributed by atoms with Gasteiger partial charge in [0, 0.05) is 24.2 Å². The minimum Gasteiger partial charge on any atom is -0.326 e. The molecule has 144 valence electrons. The highest BCUT2D eigenvalue weighted by Gasteiger charge is 2.16. The molecule has 2 rings (SSSR count). The monoisotopic (exact) mass is 393 g/mol. The van der Waals surface area contributed by atoms with Crippen LogP contribution < -0.4 is 15.4 Å². The molecule has 0 unspecified atom stereocenters. The summed E-state index contributed by atoms with van der Waals surface area (Å²) in [5, 5.41) is 4.89. The van der Waals surface area contributed by atoms with Crippen LogP contribution in [0.1, 0.15) is 31.1 Å². The fourth-order valence-electron chi connectivity index (χ4n) is 2.26. The Morgan fingerprint density at radius 1 is 1.00 bits per heavy atom. The predicted octanol–water partition coefficient (Wildman–Crippen LogP) is 2.72. The van der Waals surface area contributed by atoms with E-state index in [-0.39, 0.29) is 28.1 Å². The highest BCUT2D eigenvalue weighted by Crippen LogP contribution is 2.21. The molecule has 0 saturated heterocycles. The number of halogens is 1. The third-order valence-corrected chi connectivity index (χ3v) is 5.03. The highest BCUT2D eigenvalue weighted by atomic mass is 32.2. The van der Waals surface area contributed by atoms with Gasteiger partial charge in [0.15, 0.2) is 0 Å². The number of carbonyl (C=O) groups is 2. The Balaban J connectivity index is 2.18. The Labute approximate surface area is 157 Å². The molecule has 2 aromatic rings. The summed E-state index contributed by atoms with van der Waals surface area (Å²) in [5.74, 6) is -1.61. The summed E-state index contributed by atoms with van der Waals surface area (Å²) in [4.78, 5) is 23.4. The van der Waals surface area contributed by atoms with Crippen molar-refractivity contribution in [3.63, 3.8) is 0 Å². The average Bonchev–Trinajstić information content (AvgIpc) is 2.56. The van der Waals surface area contributed by atoms with Crippen molar-refractivity contribution in [2.45, 2.75) is 31.7 Å². The number of rotatable bonds is 6. The maximum absolute atomic E-state index is 13.9. The van der Waals surface area contributed by atoms with Gasteiger partial charge in [-0.3, -0.25) is 9.59 Å². The first-order valence-electron chi connectivity index (χ1n) is 8.09. The van der Waals surface area contributed by atoms with Crippen molar-refractivity contribution < 1.29 is 22.4 Å². The van der Waals surface area contributed by atoms with Gasteiger partial charge < -0.3 is 10.6 Å². The van der Waals surface area contributed by atoms with E-state index in [9.17, 15) is 22.4 Å². The van der Waals surface area contributed by atoms with E-state index in [1.54, 1.807) is 13.8 Å². The Hall–Kier alpha value is -2.78. The van der Waals surface area contributed by atoms with Crippen LogP contribution in [0.5, 0.6) is 0 Å². The quantitative estimate of drug-likeness (QED) is 0.702. The van der Waals surface area contributed by atoms with Crippen molar-refractivity contribution in [3.8, 4) is 0 Å². The molecule has 9 heteroatoms. The van der Waals surface area contributed by atoms with Crippen molar-refractivity contribution in [3.05, 3.63) is 53.8 Å². The molecule has 0 heterocycles. The zero-order valence-corrected chi connectivity index (χ0v) is 15.9. The van der Waals surface area contributed by atoms with E-state index >= 15 is 0 Å². The average molecular weight is 393 g/mol. The molecular weight excluding hydrogens is 373 g/mol. The summed E-state index contributed by atoms with van der Waals surface area (Å²) in [7, 11) is -3.67. The number of sulfonamides is 1. The zero-order valence-electron chi connectivity index (χ0n) is 15.0. The predicted molar refractivity (Wildman–Crippen MR) is 101 cm³/mol. The van der Waals surface area contributed by atoms with Gasteiger partial charge >= 0.3 is 0 Å². The van der Waals surface area contributed by atoms with Crippen molar-refractivity contribution >= 4 is 33.2 Å². The Kier molecular flexibility index (Phi) is 6.29. The first kappa shape index (κ1) is 20.5. The molecule has 0 aromatic heterocycles. The minimum atomic E-state index is -3.67. The lowest BCUT2D eigenvalue weighted by atomic mass is 10.2. The topological polar surface area (TPSA) is 104 Å². The van der Waals surface area contributed by atoms with E-state index in [1.165, 1.54) is 43.3 Å². The minimum absolute atomic E-state index is 0.0200. The maximum Gasteiger partial charge on any atom is 0.255 e. The van der Waals surface area contributed by atoms with Crippen molar-refractivity contribution in [2.75, 3.05) is 10.6 Å². The molecule has 27 heavy (non-hydrogen) atoms. The Morgan fingerprint density at radius 3 is 2.19 bits per heavy atom. The van der Waals surface area contributed by atoms with E-state index in [0.717, 1.165) is 6.07 Å². The molecule has 3 N–H and O–H groups in total. The first-order chi connectivity index (χ1) is 12.6. The fraction of sp³-hybridized carbons (Fsp3) is 0.222. The third kappa shape index (κ3) is 5.60. The smallest absolute Gasteiger partial charge is 0.255 e. The molecule has 0 fully saturated rings. The molecule has 2 amide bonds. The number of nitrogens with one attached hydrogen (secondary N) is 3. The van der Waals surface area contributed by atoms with Crippen LogP contribution in [0.2, 0.25) is 0 Å². The first-order valence-corrected chi connectivity index (χ1v) is 9.57. The van der Waals surface area contributed by atoms with Crippen LogP contribution >= 0.6 is 0 Å². The van der Waals surface area contributed by atoms with Crippen LogP contribution in [0.3, 0.4) is 0 Å². The summed E-state index contributed by atoms with van der Waals surface area (Å²) >= 11 is 0. The molecule has 2 aromatic carbocycles. The normalized spacial score (nSPS) is 11.3. The van der Waals surface area contributed by atoms with Gasteiger partial charge in [0.2, 0.25) is 15.9 Å². The molecule has 0 bridgehead atoms. The number of anilines is 2. The van der Waals surface area contributed by atoms with Gasteiger partial charge in [0.05, 0.1) is 10.6 Å². The maximum atomic E-state index is 13.9. The van der Waals surface area contributed by atoms with Crippen LogP contribution in [0.25, 0.3) is 0 Å². The van der Waals surface area contributed by atoms with Crippen LogP contribution in [0, 0.1) is 5.82 Å². The summed E-state index contributed by atoms with van der Waals surface area (Å²) in [6.07, 6.45) is 0. The van der Waals surface area contributed by atoms with E-state index in [2.05, 4.69) is 15.4 Å². The molecule has 0 spiro atoms. The van der Waals surface area contributed by atoms with E-state index in [0.29, 0.717) is 5.69 Å². The second kappa shape index (κ2) is 8.28. The lowest BCUT2D eigenvalue weighted by Crippen LogP contribution is -2.30. The second-order valence-corrected chi connectivity index (χ2v) is 7.84. The molecule has 7 nitrogen and oxygen atoms in total.